The number of aromatic nitrogens is 1. The van der Waals surface area contributed by atoms with Crippen LogP contribution in [0.2, 0.25) is 0 Å². The lowest BCUT2D eigenvalue weighted by Gasteiger charge is -2.18. The Balaban J connectivity index is 1.78. The Morgan fingerprint density at radius 2 is 1.96 bits per heavy atom. The van der Waals surface area contributed by atoms with E-state index in [-0.39, 0.29) is 5.82 Å². The SMILES string of the molecule is Cc1cccc([C@H](NC(=O)C(=O)Nc2cc(C)on2)c2cccs2)c1. The summed E-state index contributed by atoms with van der Waals surface area (Å²) in [6.45, 7) is 3.68. The minimum Gasteiger partial charge on any atom is -0.360 e. The molecular formula is C18H17N3O3S. The summed E-state index contributed by atoms with van der Waals surface area (Å²) in [5.41, 5.74) is 2.00. The summed E-state index contributed by atoms with van der Waals surface area (Å²) >= 11 is 1.52. The third kappa shape index (κ3) is 4.13. The third-order valence-corrected chi connectivity index (χ3v) is 4.49. The molecule has 0 saturated carbocycles. The van der Waals surface area contributed by atoms with Crippen LogP contribution < -0.4 is 10.6 Å². The summed E-state index contributed by atoms with van der Waals surface area (Å²) < 4.78 is 4.87. The quantitative estimate of drug-likeness (QED) is 0.704. The van der Waals surface area contributed by atoms with Gasteiger partial charge in [0.2, 0.25) is 0 Å². The molecule has 3 rings (SSSR count). The Hall–Kier alpha value is -2.93. The van der Waals surface area contributed by atoms with Crippen LogP contribution >= 0.6 is 11.3 Å². The standard InChI is InChI=1S/C18H17N3O3S/c1-11-5-3-6-13(9-11)16(14-7-4-8-25-14)20-18(23)17(22)19-15-10-12(2)24-21-15/h3-10,16H,1-2H3,(H,20,23)(H,19,21,22)/t16-/m0/s1. The van der Waals surface area contributed by atoms with Gasteiger partial charge < -0.3 is 9.84 Å². The van der Waals surface area contributed by atoms with Crippen LogP contribution in [0.3, 0.4) is 0 Å². The van der Waals surface area contributed by atoms with E-state index in [2.05, 4.69) is 15.8 Å². The van der Waals surface area contributed by atoms with Gasteiger partial charge in [0.1, 0.15) is 5.76 Å². The molecule has 0 aliphatic rings. The van der Waals surface area contributed by atoms with Crippen molar-refractivity contribution in [1.82, 2.24) is 10.5 Å². The first-order valence-corrected chi connectivity index (χ1v) is 8.56. The van der Waals surface area contributed by atoms with Gasteiger partial charge in [0.05, 0.1) is 6.04 Å². The fraction of sp³-hybridized carbons (Fsp3) is 0.167. The Labute approximate surface area is 148 Å². The maximum atomic E-state index is 12.3. The first-order valence-electron chi connectivity index (χ1n) is 7.68. The predicted molar refractivity (Wildman–Crippen MR) is 95.4 cm³/mol. The molecular weight excluding hydrogens is 338 g/mol. The lowest BCUT2D eigenvalue weighted by Crippen LogP contribution is -2.38. The number of nitrogens with zero attached hydrogens (tertiary/aromatic N) is 1. The molecule has 128 valence electrons. The van der Waals surface area contributed by atoms with Gasteiger partial charge >= 0.3 is 11.8 Å². The van der Waals surface area contributed by atoms with E-state index < -0.39 is 17.9 Å². The van der Waals surface area contributed by atoms with Crippen molar-refractivity contribution in [2.24, 2.45) is 0 Å². The maximum Gasteiger partial charge on any atom is 0.314 e. The Morgan fingerprint density at radius 3 is 2.60 bits per heavy atom. The van der Waals surface area contributed by atoms with Crippen LogP contribution in [-0.2, 0) is 9.59 Å². The third-order valence-electron chi connectivity index (χ3n) is 3.55. The van der Waals surface area contributed by atoms with Gasteiger partial charge in [0, 0.05) is 10.9 Å². The van der Waals surface area contributed by atoms with Crippen LogP contribution in [-0.4, -0.2) is 17.0 Å². The minimum atomic E-state index is -0.789. The first kappa shape index (κ1) is 16.9. The number of hydrogen-bond acceptors (Lipinski definition) is 5. The maximum absolute atomic E-state index is 12.3. The lowest BCUT2D eigenvalue weighted by molar-refractivity contribution is -0.136. The van der Waals surface area contributed by atoms with Gasteiger partial charge in [0.15, 0.2) is 5.82 Å². The fourth-order valence-electron chi connectivity index (χ4n) is 2.42. The molecule has 0 unspecified atom stereocenters. The normalized spacial score (nSPS) is 11.8. The Bertz CT molecular complexity index is 887. The summed E-state index contributed by atoms with van der Waals surface area (Å²) in [6.07, 6.45) is 0. The van der Waals surface area contributed by atoms with Gasteiger partial charge in [-0.2, -0.15) is 0 Å². The number of anilines is 1. The second-order valence-electron chi connectivity index (χ2n) is 5.61. The van der Waals surface area contributed by atoms with Gasteiger partial charge in [-0.3, -0.25) is 14.9 Å². The van der Waals surface area contributed by atoms with E-state index in [0.29, 0.717) is 5.76 Å². The van der Waals surface area contributed by atoms with E-state index >= 15 is 0 Å². The summed E-state index contributed by atoms with van der Waals surface area (Å²) in [5, 5.41) is 10.8. The van der Waals surface area contributed by atoms with Crippen molar-refractivity contribution < 1.29 is 14.1 Å². The van der Waals surface area contributed by atoms with Crippen molar-refractivity contribution in [1.29, 1.82) is 0 Å². The highest BCUT2D eigenvalue weighted by Crippen LogP contribution is 2.26. The minimum absolute atomic E-state index is 0.209. The Morgan fingerprint density at radius 1 is 1.12 bits per heavy atom. The highest BCUT2D eigenvalue weighted by molar-refractivity contribution is 7.10. The van der Waals surface area contributed by atoms with Gasteiger partial charge in [-0.1, -0.05) is 41.1 Å². The molecule has 1 atom stereocenters. The van der Waals surface area contributed by atoms with Crippen LogP contribution in [0.15, 0.2) is 52.4 Å². The molecule has 2 aromatic heterocycles. The number of carbonyl (C=O) groups is 2. The predicted octanol–water partition coefficient (Wildman–Crippen LogP) is 3.20. The number of carbonyl (C=O) groups excluding carboxylic acids is 2. The number of aryl methyl sites for hydroxylation is 2. The Kier molecular flexibility index (Phi) is 4.95. The molecule has 2 heterocycles. The molecule has 0 aliphatic heterocycles. The fourth-order valence-corrected chi connectivity index (χ4v) is 3.22. The number of hydrogen-bond donors (Lipinski definition) is 2. The van der Waals surface area contributed by atoms with Crippen molar-refractivity contribution in [3.05, 3.63) is 69.6 Å². The highest BCUT2D eigenvalue weighted by atomic mass is 32.1. The van der Waals surface area contributed by atoms with Gasteiger partial charge in [-0.25, -0.2) is 0 Å². The second-order valence-corrected chi connectivity index (χ2v) is 6.59. The van der Waals surface area contributed by atoms with Crippen LogP contribution in [0.5, 0.6) is 0 Å². The van der Waals surface area contributed by atoms with E-state index in [1.807, 2.05) is 48.7 Å². The summed E-state index contributed by atoms with van der Waals surface area (Å²) in [6, 6.07) is 12.8. The molecule has 0 aliphatic carbocycles. The molecule has 3 aromatic rings. The molecule has 0 radical (unpaired) electrons. The monoisotopic (exact) mass is 355 g/mol. The van der Waals surface area contributed by atoms with E-state index in [1.54, 1.807) is 13.0 Å². The number of rotatable bonds is 4. The number of nitrogens with one attached hydrogen (secondary N) is 2. The van der Waals surface area contributed by atoms with Gasteiger partial charge in [0.25, 0.3) is 0 Å². The summed E-state index contributed by atoms with van der Waals surface area (Å²) in [7, 11) is 0. The van der Waals surface area contributed by atoms with Crippen LogP contribution in [0.4, 0.5) is 5.82 Å². The summed E-state index contributed by atoms with van der Waals surface area (Å²) in [5.74, 6) is -0.768. The second kappa shape index (κ2) is 7.31. The summed E-state index contributed by atoms with van der Waals surface area (Å²) in [4.78, 5) is 25.4. The van der Waals surface area contributed by atoms with E-state index in [9.17, 15) is 9.59 Å². The molecule has 0 bridgehead atoms. The largest absolute Gasteiger partial charge is 0.360 e. The lowest BCUT2D eigenvalue weighted by atomic mass is 10.0. The number of amides is 2. The molecule has 7 heteroatoms. The van der Waals surface area contributed by atoms with Gasteiger partial charge in [-0.05, 0) is 30.9 Å². The van der Waals surface area contributed by atoms with E-state index in [4.69, 9.17) is 4.52 Å². The van der Waals surface area contributed by atoms with E-state index in [0.717, 1.165) is 16.0 Å². The number of thiophene rings is 1. The molecule has 2 amide bonds. The highest BCUT2D eigenvalue weighted by Gasteiger charge is 2.23. The molecule has 1 aromatic carbocycles. The molecule has 6 nitrogen and oxygen atoms in total. The van der Waals surface area contributed by atoms with Crippen molar-refractivity contribution in [3.8, 4) is 0 Å². The smallest absolute Gasteiger partial charge is 0.314 e. The average molecular weight is 355 g/mol. The average Bonchev–Trinajstić information content (AvgIpc) is 3.24. The van der Waals surface area contributed by atoms with Crippen molar-refractivity contribution in [2.45, 2.75) is 19.9 Å². The molecule has 0 spiro atoms. The topological polar surface area (TPSA) is 84.2 Å². The van der Waals surface area contributed by atoms with Crippen molar-refractivity contribution >= 4 is 29.0 Å². The van der Waals surface area contributed by atoms with Crippen molar-refractivity contribution in [2.75, 3.05) is 5.32 Å². The van der Waals surface area contributed by atoms with Crippen LogP contribution in [0, 0.1) is 13.8 Å². The molecule has 2 N–H and O–H groups in total. The zero-order valence-electron chi connectivity index (χ0n) is 13.8. The molecule has 25 heavy (non-hydrogen) atoms. The first-order chi connectivity index (χ1) is 12.0. The zero-order chi connectivity index (χ0) is 17.8. The number of benzene rings is 1. The molecule has 0 saturated heterocycles. The molecule has 0 fully saturated rings. The van der Waals surface area contributed by atoms with Crippen molar-refractivity contribution in [3.63, 3.8) is 0 Å². The van der Waals surface area contributed by atoms with E-state index in [1.165, 1.54) is 11.3 Å². The van der Waals surface area contributed by atoms with Crippen LogP contribution in [0.1, 0.15) is 27.8 Å². The van der Waals surface area contributed by atoms with Crippen LogP contribution in [0.25, 0.3) is 0 Å². The van der Waals surface area contributed by atoms with Gasteiger partial charge in [-0.15, -0.1) is 11.3 Å². The zero-order valence-corrected chi connectivity index (χ0v) is 14.6.